The fourth-order valence-corrected chi connectivity index (χ4v) is 3.95. The van der Waals surface area contributed by atoms with Gasteiger partial charge in [-0.3, -0.25) is 4.79 Å². The van der Waals surface area contributed by atoms with Crippen molar-refractivity contribution in [1.82, 2.24) is 15.3 Å². The predicted molar refractivity (Wildman–Crippen MR) is 113 cm³/mol. The number of H-pyrrole nitrogens is 1. The van der Waals surface area contributed by atoms with Crippen LogP contribution >= 0.6 is 23.2 Å². The summed E-state index contributed by atoms with van der Waals surface area (Å²) in [6.45, 7) is 2.21. The van der Waals surface area contributed by atoms with E-state index in [0.717, 1.165) is 0 Å². The average molecular weight is 473 g/mol. The molecule has 1 aromatic heterocycles. The zero-order valence-corrected chi connectivity index (χ0v) is 17.9. The van der Waals surface area contributed by atoms with Gasteiger partial charge in [0.25, 0.3) is 5.91 Å². The van der Waals surface area contributed by atoms with Gasteiger partial charge in [0.2, 0.25) is 5.95 Å². The summed E-state index contributed by atoms with van der Waals surface area (Å²) in [5.74, 6) is -0.345. The van der Waals surface area contributed by atoms with Gasteiger partial charge in [0, 0.05) is 12.0 Å². The Morgan fingerprint density at radius 1 is 1.29 bits per heavy atom. The Morgan fingerprint density at radius 2 is 1.97 bits per heavy atom. The summed E-state index contributed by atoms with van der Waals surface area (Å²) >= 11 is 12.4. The molecule has 3 N–H and O–H groups in total. The van der Waals surface area contributed by atoms with Crippen LogP contribution in [0.15, 0.2) is 24.3 Å². The Morgan fingerprint density at radius 3 is 2.61 bits per heavy atom. The number of carbonyl (C=O) groups is 1. The molecule has 0 spiro atoms. The number of anilines is 2. The highest BCUT2D eigenvalue weighted by Gasteiger charge is 2.37. The molecule has 0 saturated carbocycles. The van der Waals surface area contributed by atoms with E-state index in [0.29, 0.717) is 44.7 Å². The molecule has 2 aromatic carbocycles. The number of aromatic amines is 1. The number of halogens is 5. The van der Waals surface area contributed by atoms with Gasteiger partial charge in [-0.05, 0) is 32.0 Å². The first kappa shape index (κ1) is 21.6. The fraction of sp³-hybridized carbons (Fsp3) is 0.300. The van der Waals surface area contributed by atoms with Crippen molar-refractivity contribution >= 4 is 51.8 Å². The number of ether oxygens (including phenoxy) is 1. The minimum Gasteiger partial charge on any atom is -0.486 e. The minimum absolute atomic E-state index is 0.00306. The number of imidazole rings is 1. The van der Waals surface area contributed by atoms with Crippen LogP contribution < -0.4 is 15.4 Å². The lowest BCUT2D eigenvalue weighted by Gasteiger charge is -2.18. The lowest BCUT2D eigenvalue weighted by atomic mass is 9.99. The van der Waals surface area contributed by atoms with Crippen molar-refractivity contribution in [1.29, 1.82) is 0 Å². The predicted octanol–water partition coefficient (Wildman–Crippen LogP) is 5.62. The minimum atomic E-state index is -4.53. The van der Waals surface area contributed by atoms with E-state index in [-0.39, 0.29) is 11.3 Å². The summed E-state index contributed by atoms with van der Waals surface area (Å²) < 4.78 is 43.6. The Bertz CT molecular complexity index is 1170. The number of benzene rings is 2. The van der Waals surface area contributed by atoms with Crippen LogP contribution in [0.2, 0.25) is 10.0 Å². The van der Waals surface area contributed by atoms with Gasteiger partial charge in [0.1, 0.15) is 17.9 Å². The summed E-state index contributed by atoms with van der Waals surface area (Å²) in [7, 11) is 0. The van der Waals surface area contributed by atoms with Crippen LogP contribution in [0.25, 0.3) is 11.0 Å². The molecule has 0 fully saturated rings. The number of hydrogen-bond acceptors (Lipinski definition) is 4. The third kappa shape index (κ3) is 4.38. The number of amides is 1. The average Bonchev–Trinajstić information content (AvgIpc) is 3.20. The SMILES string of the molecule is CC1(C)Cc2c(c(C(=O)NCC(F)(F)F)cc3[nH]c(Nc4c(Cl)cccc4Cl)nc23)O1. The first-order chi connectivity index (χ1) is 14.4. The Hall–Kier alpha value is -2.65. The zero-order chi connectivity index (χ0) is 22.6. The highest BCUT2D eigenvalue weighted by molar-refractivity contribution is 6.39. The smallest absolute Gasteiger partial charge is 0.405 e. The van der Waals surface area contributed by atoms with E-state index in [1.807, 2.05) is 19.2 Å². The van der Waals surface area contributed by atoms with Gasteiger partial charge in [-0.25, -0.2) is 4.98 Å². The fourth-order valence-electron chi connectivity index (χ4n) is 3.46. The molecule has 3 aromatic rings. The van der Waals surface area contributed by atoms with Crippen LogP contribution in [0.3, 0.4) is 0 Å². The van der Waals surface area contributed by atoms with Gasteiger partial charge in [-0.1, -0.05) is 29.3 Å². The molecule has 164 valence electrons. The molecular formula is C20H17Cl2F3N4O2. The molecule has 0 atom stereocenters. The number of carbonyl (C=O) groups excluding carboxylic acids is 1. The molecule has 1 aliphatic rings. The van der Waals surface area contributed by atoms with Crippen molar-refractivity contribution in [2.45, 2.75) is 32.0 Å². The van der Waals surface area contributed by atoms with E-state index >= 15 is 0 Å². The highest BCUT2D eigenvalue weighted by Crippen LogP contribution is 2.42. The maximum Gasteiger partial charge on any atom is 0.405 e. The number of alkyl halides is 3. The largest absolute Gasteiger partial charge is 0.486 e. The molecule has 4 rings (SSSR count). The maximum absolute atomic E-state index is 12.6. The number of hydrogen-bond donors (Lipinski definition) is 3. The zero-order valence-electron chi connectivity index (χ0n) is 16.4. The molecule has 11 heteroatoms. The van der Waals surface area contributed by atoms with Crippen molar-refractivity contribution in [2.24, 2.45) is 0 Å². The Kier molecular flexibility index (Phi) is 5.21. The topological polar surface area (TPSA) is 79.0 Å². The summed E-state index contributed by atoms with van der Waals surface area (Å²) in [5.41, 5.74) is 1.44. The first-order valence-corrected chi connectivity index (χ1v) is 10.00. The van der Waals surface area contributed by atoms with E-state index < -0.39 is 24.2 Å². The van der Waals surface area contributed by atoms with Crippen molar-refractivity contribution in [3.63, 3.8) is 0 Å². The standard InChI is InChI=1S/C20H17Cl2F3N4O2/c1-19(2)7-10-14-13(6-9(16(10)31-19)17(30)26-8-20(23,24)25)27-18(28-14)29-15-11(21)4-3-5-12(15)22/h3-6H,7-8H2,1-2H3,(H,26,30)(H2,27,28,29). The third-order valence-corrected chi connectivity index (χ3v) is 5.34. The van der Waals surface area contributed by atoms with Gasteiger partial charge < -0.3 is 20.4 Å². The number of nitrogens with zero attached hydrogens (tertiary/aromatic N) is 1. The van der Waals surface area contributed by atoms with Gasteiger partial charge in [0.05, 0.1) is 32.3 Å². The van der Waals surface area contributed by atoms with Gasteiger partial charge in [-0.15, -0.1) is 0 Å². The van der Waals surface area contributed by atoms with Crippen LogP contribution in [0.4, 0.5) is 24.8 Å². The van der Waals surface area contributed by atoms with Crippen molar-refractivity contribution in [2.75, 3.05) is 11.9 Å². The number of fused-ring (bicyclic) bond motifs is 3. The van der Waals surface area contributed by atoms with E-state index in [1.54, 1.807) is 18.2 Å². The molecule has 0 bridgehead atoms. The van der Waals surface area contributed by atoms with Crippen LogP contribution in [-0.4, -0.2) is 34.2 Å². The second-order valence-corrected chi connectivity index (χ2v) is 8.59. The van der Waals surface area contributed by atoms with Crippen LogP contribution in [0.1, 0.15) is 29.8 Å². The summed E-state index contributed by atoms with van der Waals surface area (Å²) in [6, 6.07) is 6.45. The molecule has 0 saturated heterocycles. The summed E-state index contributed by atoms with van der Waals surface area (Å²) in [5, 5.41) is 5.68. The molecule has 31 heavy (non-hydrogen) atoms. The Labute approximate surface area is 185 Å². The molecule has 2 heterocycles. The van der Waals surface area contributed by atoms with Crippen molar-refractivity contribution in [3.05, 3.63) is 45.4 Å². The quantitative estimate of drug-likeness (QED) is 0.460. The Balaban J connectivity index is 1.76. The van der Waals surface area contributed by atoms with Crippen molar-refractivity contribution in [3.8, 4) is 5.75 Å². The monoisotopic (exact) mass is 472 g/mol. The third-order valence-electron chi connectivity index (χ3n) is 4.71. The second-order valence-electron chi connectivity index (χ2n) is 7.77. The van der Waals surface area contributed by atoms with Crippen LogP contribution in [0, 0.1) is 0 Å². The maximum atomic E-state index is 12.6. The summed E-state index contributed by atoms with van der Waals surface area (Å²) in [4.78, 5) is 20.1. The van der Waals surface area contributed by atoms with Crippen LogP contribution in [-0.2, 0) is 6.42 Å². The second kappa shape index (κ2) is 7.49. The molecule has 0 radical (unpaired) electrons. The number of nitrogens with one attached hydrogen (secondary N) is 3. The number of rotatable bonds is 4. The number of aromatic nitrogens is 2. The van der Waals surface area contributed by atoms with Crippen molar-refractivity contribution < 1.29 is 22.7 Å². The molecular weight excluding hydrogens is 456 g/mol. The molecule has 1 amide bonds. The lowest BCUT2D eigenvalue weighted by Crippen LogP contribution is -2.34. The summed E-state index contributed by atoms with van der Waals surface area (Å²) in [6.07, 6.45) is -4.10. The highest BCUT2D eigenvalue weighted by atomic mass is 35.5. The van der Waals surface area contributed by atoms with E-state index in [1.165, 1.54) is 6.07 Å². The van der Waals surface area contributed by atoms with E-state index in [2.05, 4.69) is 15.3 Å². The first-order valence-electron chi connectivity index (χ1n) is 9.24. The lowest BCUT2D eigenvalue weighted by molar-refractivity contribution is -0.123. The molecule has 1 aliphatic heterocycles. The van der Waals surface area contributed by atoms with E-state index in [9.17, 15) is 18.0 Å². The van der Waals surface area contributed by atoms with Crippen LogP contribution in [0.5, 0.6) is 5.75 Å². The molecule has 6 nitrogen and oxygen atoms in total. The normalized spacial score (nSPS) is 14.9. The van der Waals surface area contributed by atoms with Gasteiger partial charge in [0.15, 0.2) is 0 Å². The molecule has 0 unspecified atom stereocenters. The van der Waals surface area contributed by atoms with Gasteiger partial charge in [-0.2, -0.15) is 13.2 Å². The molecule has 0 aliphatic carbocycles. The van der Waals surface area contributed by atoms with Gasteiger partial charge >= 0.3 is 6.18 Å². The van der Waals surface area contributed by atoms with E-state index in [4.69, 9.17) is 27.9 Å². The number of para-hydroxylation sites is 1.